The maximum atomic E-state index is 12.1. The third-order valence-corrected chi connectivity index (χ3v) is 3.49. The Morgan fingerprint density at radius 1 is 1.61 bits per heavy atom. The topological polar surface area (TPSA) is 62.3 Å². The number of carbonyl (C=O) groups excluding carboxylic acids is 2. The maximum Gasteiger partial charge on any atom is 0.246 e. The van der Waals surface area contributed by atoms with Gasteiger partial charge in [-0.3, -0.25) is 9.59 Å². The Hall–Kier alpha value is -1.08. The molecule has 18 heavy (non-hydrogen) atoms. The summed E-state index contributed by atoms with van der Waals surface area (Å²) in [7, 11) is 1.69. The highest BCUT2D eigenvalue weighted by atomic mass is 32.1. The summed E-state index contributed by atoms with van der Waals surface area (Å²) in [5.41, 5.74) is 0.856. The van der Waals surface area contributed by atoms with Crippen molar-refractivity contribution in [2.75, 3.05) is 12.8 Å². The molecule has 0 aliphatic rings. The first-order chi connectivity index (χ1) is 8.43. The van der Waals surface area contributed by atoms with Gasteiger partial charge in [-0.2, -0.15) is 12.6 Å². The third kappa shape index (κ3) is 4.30. The molecule has 0 aliphatic carbocycles. The van der Waals surface area contributed by atoms with E-state index >= 15 is 0 Å². The van der Waals surface area contributed by atoms with Gasteiger partial charge in [0.15, 0.2) is 0 Å². The van der Waals surface area contributed by atoms with Crippen molar-refractivity contribution >= 4 is 35.8 Å². The van der Waals surface area contributed by atoms with Crippen molar-refractivity contribution in [1.29, 1.82) is 0 Å². The Morgan fingerprint density at radius 2 is 2.28 bits per heavy atom. The van der Waals surface area contributed by atoms with Crippen LogP contribution in [-0.2, 0) is 16.1 Å². The molecule has 0 aliphatic heterocycles. The highest BCUT2D eigenvalue weighted by Gasteiger charge is 2.21. The summed E-state index contributed by atoms with van der Waals surface area (Å²) < 4.78 is 0. The van der Waals surface area contributed by atoms with Crippen LogP contribution in [0.5, 0.6) is 0 Å². The number of rotatable bonds is 5. The Bertz CT molecular complexity index is 434. The second-order valence-electron chi connectivity index (χ2n) is 3.99. The van der Waals surface area contributed by atoms with Crippen molar-refractivity contribution in [2.24, 2.45) is 0 Å². The van der Waals surface area contributed by atoms with E-state index in [9.17, 15) is 9.59 Å². The monoisotopic (exact) mass is 287 g/mol. The SMILES string of the molecule is CC(=O)NC(CS)C(=O)N(C)Cc1csc(C)n1. The summed E-state index contributed by atoms with van der Waals surface area (Å²) in [5.74, 6) is -0.120. The van der Waals surface area contributed by atoms with Gasteiger partial charge in [-0.25, -0.2) is 4.98 Å². The molecule has 100 valence electrons. The standard InChI is InChI=1S/C11H17N3O2S2/c1-7(15)12-10(5-17)11(16)14(3)4-9-6-18-8(2)13-9/h6,10,17H,4-5H2,1-3H3,(H,12,15). The summed E-state index contributed by atoms with van der Waals surface area (Å²) in [5, 5.41) is 5.47. The van der Waals surface area contributed by atoms with Gasteiger partial charge in [0.25, 0.3) is 0 Å². The minimum atomic E-state index is -0.587. The number of hydrogen-bond acceptors (Lipinski definition) is 5. The molecule has 0 saturated heterocycles. The first kappa shape index (κ1) is 15.0. The largest absolute Gasteiger partial charge is 0.344 e. The van der Waals surface area contributed by atoms with Crippen molar-refractivity contribution in [3.05, 3.63) is 16.1 Å². The molecule has 1 N–H and O–H groups in total. The molecule has 1 aromatic heterocycles. The highest BCUT2D eigenvalue weighted by Crippen LogP contribution is 2.10. The van der Waals surface area contributed by atoms with Crippen LogP contribution in [0.2, 0.25) is 0 Å². The Balaban J connectivity index is 2.61. The summed E-state index contributed by atoms with van der Waals surface area (Å²) >= 11 is 5.63. The van der Waals surface area contributed by atoms with Crippen LogP contribution in [-0.4, -0.2) is 40.5 Å². The van der Waals surface area contributed by atoms with Crippen LogP contribution in [0, 0.1) is 6.92 Å². The number of amides is 2. The minimum Gasteiger partial charge on any atom is -0.344 e. The van der Waals surface area contributed by atoms with Crippen LogP contribution in [0.4, 0.5) is 0 Å². The molecule has 1 rings (SSSR count). The van der Waals surface area contributed by atoms with E-state index in [4.69, 9.17) is 0 Å². The molecule has 7 heteroatoms. The fourth-order valence-electron chi connectivity index (χ4n) is 1.50. The lowest BCUT2D eigenvalue weighted by Gasteiger charge is -2.22. The zero-order chi connectivity index (χ0) is 13.7. The fourth-order valence-corrected chi connectivity index (χ4v) is 2.35. The van der Waals surface area contributed by atoms with Gasteiger partial charge in [-0.1, -0.05) is 0 Å². The molecular weight excluding hydrogens is 270 g/mol. The smallest absolute Gasteiger partial charge is 0.246 e. The van der Waals surface area contributed by atoms with Gasteiger partial charge < -0.3 is 10.2 Å². The second kappa shape index (κ2) is 6.75. The van der Waals surface area contributed by atoms with Crippen LogP contribution in [0.3, 0.4) is 0 Å². The number of aryl methyl sites for hydroxylation is 1. The number of aromatic nitrogens is 1. The molecule has 0 spiro atoms. The number of nitrogens with one attached hydrogen (secondary N) is 1. The molecule has 0 radical (unpaired) electrons. The van der Waals surface area contributed by atoms with Gasteiger partial charge in [0, 0.05) is 25.1 Å². The maximum absolute atomic E-state index is 12.1. The number of likely N-dealkylation sites (N-methyl/N-ethyl adjacent to an activating group) is 1. The van der Waals surface area contributed by atoms with Crippen molar-refractivity contribution in [3.8, 4) is 0 Å². The van der Waals surface area contributed by atoms with Gasteiger partial charge >= 0.3 is 0 Å². The number of hydrogen-bond donors (Lipinski definition) is 2. The van der Waals surface area contributed by atoms with Gasteiger partial charge in [0.05, 0.1) is 17.2 Å². The second-order valence-corrected chi connectivity index (χ2v) is 5.42. The predicted octanol–water partition coefficient (Wildman–Crippen LogP) is 0.844. The molecule has 1 unspecified atom stereocenters. The first-order valence-electron chi connectivity index (χ1n) is 5.48. The van der Waals surface area contributed by atoms with Crippen molar-refractivity contribution in [3.63, 3.8) is 0 Å². The predicted molar refractivity (Wildman–Crippen MR) is 74.8 cm³/mol. The summed E-state index contributed by atoms with van der Waals surface area (Å²) in [6.07, 6.45) is 0. The van der Waals surface area contributed by atoms with Crippen LogP contribution < -0.4 is 5.32 Å². The number of thiazole rings is 1. The fraction of sp³-hybridized carbons (Fsp3) is 0.545. The van der Waals surface area contributed by atoms with Crippen LogP contribution in [0.25, 0.3) is 0 Å². The lowest BCUT2D eigenvalue weighted by Crippen LogP contribution is -2.47. The Kier molecular flexibility index (Phi) is 5.61. The molecule has 0 fully saturated rings. The minimum absolute atomic E-state index is 0.161. The Morgan fingerprint density at radius 3 is 2.72 bits per heavy atom. The normalized spacial score (nSPS) is 12.0. The van der Waals surface area contributed by atoms with Gasteiger partial charge in [0.1, 0.15) is 6.04 Å². The molecule has 1 heterocycles. The quantitative estimate of drug-likeness (QED) is 0.789. The summed E-state index contributed by atoms with van der Waals surface area (Å²) in [6.45, 7) is 3.74. The van der Waals surface area contributed by atoms with Gasteiger partial charge in [-0.15, -0.1) is 11.3 Å². The molecule has 0 aromatic carbocycles. The van der Waals surface area contributed by atoms with E-state index in [2.05, 4.69) is 22.9 Å². The molecule has 5 nitrogen and oxygen atoms in total. The number of carbonyl (C=O) groups is 2. The van der Waals surface area contributed by atoms with Crippen molar-refractivity contribution in [2.45, 2.75) is 26.4 Å². The summed E-state index contributed by atoms with van der Waals surface area (Å²) in [4.78, 5) is 28.9. The molecule has 1 aromatic rings. The number of nitrogens with zero attached hydrogens (tertiary/aromatic N) is 2. The number of thiol groups is 1. The van der Waals surface area contributed by atoms with Crippen LogP contribution in [0.1, 0.15) is 17.6 Å². The molecule has 1 atom stereocenters. The average molecular weight is 287 g/mol. The third-order valence-electron chi connectivity index (χ3n) is 2.30. The summed E-state index contributed by atoms with van der Waals surface area (Å²) in [6, 6.07) is -0.587. The zero-order valence-electron chi connectivity index (χ0n) is 10.6. The van der Waals surface area contributed by atoms with Crippen LogP contribution >= 0.6 is 24.0 Å². The van der Waals surface area contributed by atoms with Gasteiger partial charge in [-0.05, 0) is 6.92 Å². The molecular formula is C11H17N3O2S2. The average Bonchev–Trinajstić information content (AvgIpc) is 2.70. The van der Waals surface area contributed by atoms with E-state index in [1.54, 1.807) is 23.3 Å². The first-order valence-corrected chi connectivity index (χ1v) is 6.99. The van der Waals surface area contributed by atoms with E-state index in [1.807, 2.05) is 12.3 Å². The molecule has 0 saturated carbocycles. The van der Waals surface area contributed by atoms with E-state index in [0.29, 0.717) is 6.54 Å². The zero-order valence-corrected chi connectivity index (χ0v) is 12.3. The molecule has 0 bridgehead atoms. The Labute approximate surface area is 116 Å². The van der Waals surface area contributed by atoms with Crippen molar-refractivity contribution < 1.29 is 9.59 Å². The van der Waals surface area contributed by atoms with E-state index < -0.39 is 6.04 Å². The van der Waals surface area contributed by atoms with E-state index in [0.717, 1.165) is 10.7 Å². The lowest BCUT2D eigenvalue weighted by molar-refractivity contribution is -0.134. The van der Waals surface area contributed by atoms with Crippen LogP contribution in [0.15, 0.2) is 5.38 Å². The van der Waals surface area contributed by atoms with E-state index in [-0.39, 0.29) is 17.6 Å². The highest BCUT2D eigenvalue weighted by molar-refractivity contribution is 7.80. The van der Waals surface area contributed by atoms with E-state index in [1.165, 1.54) is 6.92 Å². The van der Waals surface area contributed by atoms with Crippen molar-refractivity contribution in [1.82, 2.24) is 15.2 Å². The lowest BCUT2D eigenvalue weighted by atomic mass is 10.2. The van der Waals surface area contributed by atoms with Gasteiger partial charge in [0.2, 0.25) is 11.8 Å². The molecule has 2 amide bonds.